The summed E-state index contributed by atoms with van der Waals surface area (Å²) in [6.45, 7) is 0.337. The van der Waals surface area contributed by atoms with Crippen molar-refractivity contribution in [3.63, 3.8) is 0 Å². The molecular weight excluding hydrogens is 248 g/mol. The van der Waals surface area contributed by atoms with E-state index in [0.717, 1.165) is 0 Å². The van der Waals surface area contributed by atoms with Gasteiger partial charge in [0.25, 0.3) is 0 Å². The number of ether oxygens (including phenoxy) is 2. The van der Waals surface area contributed by atoms with E-state index in [0.29, 0.717) is 17.8 Å². The van der Waals surface area contributed by atoms with Crippen molar-refractivity contribution in [1.29, 1.82) is 5.26 Å². The number of rotatable bonds is 3. The molecule has 1 aliphatic heterocycles. The number of esters is 1. The summed E-state index contributed by atoms with van der Waals surface area (Å²) in [5.74, 6) is -0.432. The highest BCUT2D eigenvalue weighted by Crippen LogP contribution is 2.23. The van der Waals surface area contributed by atoms with Gasteiger partial charge < -0.3 is 9.47 Å². The number of nitriles is 1. The second-order valence-electron chi connectivity index (χ2n) is 4.02. The van der Waals surface area contributed by atoms with Gasteiger partial charge in [0.2, 0.25) is 0 Å². The number of anilines is 1. The molecule has 2 rings (SSSR count). The number of hydrogen-bond donors (Lipinski definition) is 0. The number of nitrogens with zero attached hydrogens (tertiary/aromatic N) is 2. The van der Waals surface area contributed by atoms with Gasteiger partial charge in [-0.15, -0.1) is 0 Å². The fraction of sp³-hybridized carbons (Fsp3) is 0.308. The Kier molecular flexibility index (Phi) is 3.66. The normalized spacial score (nSPS) is 17.8. The molecule has 0 aliphatic carbocycles. The number of hydrogen-bond acceptors (Lipinski definition) is 5. The molecule has 1 aromatic rings. The van der Waals surface area contributed by atoms with Gasteiger partial charge in [-0.05, 0) is 24.3 Å². The molecule has 1 saturated heterocycles. The third-order valence-electron chi connectivity index (χ3n) is 2.79. The molecule has 6 nitrogen and oxygen atoms in total. The van der Waals surface area contributed by atoms with Crippen molar-refractivity contribution in [1.82, 2.24) is 0 Å². The van der Waals surface area contributed by atoms with Crippen molar-refractivity contribution in [2.24, 2.45) is 0 Å². The Hall–Kier alpha value is -2.55. The van der Waals surface area contributed by atoms with Crippen molar-refractivity contribution in [2.45, 2.75) is 12.5 Å². The zero-order valence-electron chi connectivity index (χ0n) is 10.3. The molecule has 0 spiro atoms. The van der Waals surface area contributed by atoms with Gasteiger partial charge in [0, 0.05) is 5.69 Å². The molecule has 0 aromatic heterocycles. The van der Waals surface area contributed by atoms with Crippen molar-refractivity contribution < 1.29 is 19.1 Å². The Morgan fingerprint density at radius 3 is 2.79 bits per heavy atom. The van der Waals surface area contributed by atoms with E-state index in [2.05, 4.69) is 4.74 Å². The van der Waals surface area contributed by atoms with E-state index in [1.54, 1.807) is 24.3 Å². The summed E-state index contributed by atoms with van der Waals surface area (Å²) in [7, 11) is 1.31. The smallest absolute Gasteiger partial charge is 0.414 e. The molecule has 1 unspecified atom stereocenters. The fourth-order valence-electron chi connectivity index (χ4n) is 1.84. The third kappa shape index (κ3) is 2.65. The van der Waals surface area contributed by atoms with Crippen LogP contribution in [0.2, 0.25) is 0 Å². The largest absolute Gasteiger partial charge is 0.465 e. The molecule has 0 N–H and O–H groups in total. The molecule has 1 atom stereocenters. The maximum atomic E-state index is 11.6. The molecular formula is C13H12N2O4. The zero-order valence-corrected chi connectivity index (χ0v) is 10.3. The highest BCUT2D eigenvalue weighted by atomic mass is 16.6. The van der Waals surface area contributed by atoms with E-state index in [-0.39, 0.29) is 6.42 Å². The first kappa shape index (κ1) is 12.9. The lowest BCUT2D eigenvalue weighted by molar-refractivity contribution is 0.0600. The molecule has 1 amide bonds. The van der Waals surface area contributed by atoms with Crippen LogP contribution in [0.4, 0.5) is 10.5 Å². The average Bonchev–Trinajstić information content (AvgIpc) is 2.79. The van der Waals surface area contributed by atoms with Crippen LogP contribution in [-0.4, -0.2) is 31.8 Å². The minimum atomic E-state index is -0.480. The summed E-state index contributed by atoms with van der Waals surface area (Å²) in [5, 5.41) is 8.58. The lowest BCUT2D eigenvalue weighted by Gasteiger charge is -2.12. The summed E-state index contributed by atoms with van der Waals surface area (Å²) in [4.78, 5) is 24.4. The van der Waals surface area contributed by atoms with Crippen LogP contribution < -0.4 is 4.90 Å². The van der Waals surface area contributed by atoms with Crippen LogP contribution in [0.25, 0.3) is 0 Å². The topological polar surface area (TPSA) is 79.6 Å². The first-order valence-corrected chi connectivity index (χ1v) is 5.69. The maximum absolute atomic E-state index is 11.6. The van der Waals surface area contributed by atoms with Crippen molar-refractivity contribution >= 4 is 17.7 Å². The minimum Gasteiger partial charge on any atom is -0.465 e. The number of cyclic esters (lactones) is 1. The second kappa shape index (κ2) is 5.40. The fourth-order valence-corrected chi connectivity index (χ4v) is 1.84. The predicted octanol–water partition coefficient (Wildman–Crippen LogP) is 1.71. The second-order valence-corrected chi connectivity index (χ2v) is 4.02. The van der Waals surface area contributed by atoms with Crippen LogP contribution >= 0.6 is 0 Å². The molecule has 1 aliphatic rings. The van der Waals surface area contributed by atoms with E-state index in [9.17, 15) is 9.59 Å². The van der Waals surface area contributed by atoms with E-state index in [1.165, 1.54) is 12.0 Å². The Balaban J connectivity index is 2.13. The molecule has 6 heteroatoms. The summed E-state index contributed by atoms with van der Waals surface area (Å²) in [6, 6.07) is 8.40. The van der Waals surface area contributed by atoms with E-state index in [4.69, 9.17) is 10.00 Å². The van der Waals surface area contributed by atoms with E-state index in [1.807, 2.05) is 6.07 Å². The van der Waals surface area contributed by atoms with Crippen molar-refractivity contribution in [3.05, 3.63) is 29.8 Å². The minimum absolute atomic E-state index is 0.169. The Labute approximate surface area is 110 Å². The highest BCUT2D eigenvalue weighted by molar-refractivity contribution is 5.92. The Morgan fingerprint density at radius 2 is 2.21 bits per heavy atom. The lowest BCUT2D eigenvalue weighted by Crippen LogP contribution is -2.24. The third-order valence-corrected chi connectivity index (χ3v) is 2.79. The number of methoxy groups -OCH3 is 1. The Morgan fingerprint density at radius 1 is 1.53 bits per heavy atom. The van der Waals surface area contributed by atoms with Crippen LogP contribution in [0.5, 0.6) is 0 Å². The SMILES string of the molecule is COC(=O)c1ccc(N2CC(CC#N)OC2=O)cc1. The molecule has 19 heavy (non-hydrogen) atoms. The molecule has 1 heterocycles. The first-order valence-electron chi connectivity index (χ1n) is 5.69. The van der Waals surface area contributed by atoms with Gasteiger partial charge in [0.05, 0.1) is 31.7 Å². The van der Waals surface area contributed by atoms with Crippen LogP contribution in [0.1, 0.15) is 16.8 Å². The van der Waals surface area contributed by atoms with Gasteiger partial charge in [-0.2, -0.15) is 5.26 Å². The Bertz CT molecular complexity index is 533. The molecule has 1 fully saturated rings. The first-order chi connectivity index (χ1) is 9.15. The maximum Gasteiger partial charge on any atom is 0.414 e. The van der Waals surface area contributed by atoms with Crippen molar-refractivity contribution in [3.8, 4) is 6.07 Å². The molecule has 0 saturated carbocycles. The number of carbonyl (C=O) groups excluding carboxylic acids is 2. The summed E-state index contributed by atoms with van der Waals surface area (Å²) in [6.07, 6.45) is -0.716. The summed E-state index contributed by atoms with van der Waals surface area (Å²) < 4.78 is 9.63. The van der Waals surface area contributed by atoms with Crippen molar-refractivity contribution in [2.75, 3.05) is 18.6 Å². The number of amides is 1. The number of benzene rings is 1. The van der Waals surface area contributed by atoms with Crippen LogP contribution in [0, 0.1) is 11.3 Å². The van der Waals surface area contributed by atoms with Crippen LogP contribution in [-0.2, 0) is 9.47 Å². The van der Waals surface area contributed by atoms with Gasteiger partial charge in [-0.1, -0.05) is 0 Å². The highest BCUT2D eigenvalue weighted by Gasteiger charge is 2.32. The standard InChI is InChI=1S/C13H12N2O4/c1-18-12(16)9-2-4-10(5-3-9)15-8-11(6-7-14)19-13(15)17/h2-5,11H,6,8H2,1H3. The quantitative estimate of drug-likeness (QED) is 0.773. The van der Waals surface area contributed by atoms with Crippen LogP contribution in [0.3, 0.4) is 0 Å². The van der Waals surface area contributed by atoms with Gasteiger partial charge in [-0.25, -0.2) is 9.59 Å². The molecule has 1 aromatic carbocycles. The van der Waals surface area contributed by atoms with E-state index >= 15 is 0 Å². The van der Waals surface area contributed by atoms with Gasteiger partial charge in [-0.3, -0.25) is 4.90 Å². The van der Waals surface area contributed by atoms with Gasteiger partial charge >= 0.3 is 12.1 Å². The summed E-state index contributed by atoms with van der Waals surface area (Å²) in [5.41, 5.74) is 1.03. The van der Waals surface area contributed by atoms with Gasteiger partial charge in [0.1, 0.15) is 6.10 Å². The molecule has 0 bridgehead atoms. The average molecular weight is 260 g/mol. The van der Waals surface area contributed by atoms with Crippen LogP contribution in [0.15, 0.2) is 24.3 Å². The summed E-state index contributed by atoms with van der Waals surface area (Å²) >= 11 is 0. The lowest BCUT2D eigenvalue weighted by atomic mass is 10.2. The predicted molar refractivity (Wildman–Crippen MR) is 65.6 cm³/mol. The molecule has 0 radical (unpaired) electrons. The zero-order chi connectivity index (χ0) is 13.8. The molecule has 98 valence electrons. The monoisotopic (exact) mass is 260 g/mol. The number of carbonyl (C=O) groups is 2. The van der Waals surface area contributed by atoms with Gasteiger partial charge in [0.15, 0.2) is 0 Å². The van der Waals surface area contributed by atoms with E-state index < -0.39 is 18.2 Å².